The van der Waals surface area contributed by atoms with Gasteiger partial charge in [-0.2, -0.15) is 13.2 Å². The van der Waals surface area contributed by atoms with Crippen LogP contribution in [0.1, 0.15) is 5.69 Å². The standard InChI is InChI=1S/C13H12F3N3O2/c1-8-12(18-10-5-3-2-4-9(10)17-8)19(6-11(20)21)7-13(14,15)16/h2-5H,6-7H2,1H3,(H,20,21). The predicted octanol–water partition coefficient (Wildman–Crippen LogP) is 2.39. The van der Waals surface area contributed by atoms with Crippen molar-refractivity contribution in [3.63, 3.8) is 0 Å². The Hall–Kier alpha value is -2.38. The van der Waals surface area contributed by atoms with E-state index in [1.165, 1.54) is 6.92 Å². The molecular formula is C13H12F3N3O2. The van der Waals surface area contributed by atoms with E-state index >= 15 is 0 Å². The van der Waals surface area contributed by atoms with E-state index in [4.69, 9.17) is 5.11 Å². The van der Waals surface area contributed by atoms with Gasteiger partial charge >= 0.3 is 12.1 Å². The van der Waals surface area contributed by atoms with Gasteiger partial charge in [-0.25, -0.2) is 9.97 Å². The maximum Gasteiger partial charge on any atom is 0.405 e. The van der Waals surface area contributed by atoms with Crippen LogP contribution in [-0.2, 0) is 4.79 Å². The first-order chi connectivity index (χ1) is 9.76. The Kier molecular flexibility index (Phi) is 3.97. The normalized spacial score (nSPS) is 11.6. The fraction of sp³-hybridized carbons (Fsp3) is 0.308. The summed E-state index contributed by atoms with van der Waals surface area (Å²) >= 11 is 0. The van der Waals surface area contributed by atoms with Crippen LogP contribution in [-0.4, -0.2) is 40.3 Å². The van der Waals surface area contributed by atoms with Crippen LogP contribution >= 0.6 is 0 Å². The number of carbonyl (C=O) groups is 1. The van der Waals surface area contributed by atoms with Crippen molar-refractivity contribution in [2.45, 2.75) is 13.1 Å². The van der Waals surface area contributed by atoms with Crippen molar-refractivity contribution in [1.82, 2.24) is 9.97 Å². The van der Waals surface area contributed by atoms with Crippen LogP contribution in [0.4, 0.5) is 19.0 Å². The van der Waals surface area contributed by atoms with Crippen molar-refractivity contribution in [2.75, 3.05) is 18.0 Å². The van der Waals surface area contributed by atoms with Gasteiger partial charge in [0.05, 0.1) is 16.7 Å². The van der Waals surface area contributed by atoms with Crippen LogP contribution in [0.25, 0.3) is 11.0 Å². The lowest BCUT2D eigenvalue weighted by atomic mass is 10.2. The number of hydrogen-bond acceptors (Lipinski definition) is 4. The number of aliphatic carboxylic acids is 1. The van der Waals surface area contributed by atoms with Crippen molar-refractivity contribution in [3.05, 3.63) is 30.0 Å². The van der Waals surface area contributed by atoms with E-state index in [-0.39, 0.29) is 11.5 Å². The maximum absolute atomic E-state index is 12.6. The SMILES string of the molecule is Cc1nc2ccccc2nc1N(CC(=O)O)CC(F)(F)F. The minimum Gasteiger partial charge on any atom is -0.480 e. The van der Waals surface area contributed by atoms with Gasteiger partial charge in [0.15, 0.2) is 5.82 Å². The van der Waals surface area contributed by atoms with E-state index in [1.807, 2.05) is 0 Å². The zero-order chi connectivity index (χ0) is 15.6. The molecule has 1 N–H and O–H groups in total. The van der Waals surface area contributed by atoms with Crippen LogP contribution < -0.4 is 4.90 Å². The number of nitrogens with zero attached hydrogens (tertiary/aromatic N) is 3. The average molecular weight is 299 g/mol. The summed E-state index contributed by atoms with van der Waals surface area (Å²) in [6.45, 7) is -0.694. The summed E-state index contributed by atoms with van der Waals surface area (Å²) in [7, 11) is 0. The molecule has 0 bridgehead atoms. The minimum atomic E-state index is -4.53. The molecule has 0 saturated carbocycles. The number of carboxylic acid groups (broad SMARTS) is 1. The largest absolute Gasteiger partial charge is 0.480 e. The number of hydrogen-bond donors (Lipinski definition) is 1. The first-order valence-electron chi connectivity index (χ1n) is 6.03. The highest BCUT2D eigenvalue weighted by Crippen LogP contribution is 2.24. The number of anilines is 1. The van der Waals surface area contributed by atoms with Gasteiger partial charge in [-0.1, -0.05) is 12.1 Å². The van der Waals surface area contributed by atoms with Gasteiger partial charge < -0.3 is 10.0 Å². The average Bonchev–Trinajstić information content (AvgIpc) is 2.34. The van der Waals surface area contributed by atoms with Gasteiger partial charge in [0.1, 0.15) is 13.1 Å². The Bertz CT molecular complexity index is 673. The molecule has 1 heterocycles. The lowest BCUT2D eigenvalue weighted by molar-refractivity contribution is -0.136. The second kappa shape index (κ2) is 5.55. The van der Waals surface area contributed by atoms with Crippen molar-refractivity contribution >= 4 is 22.8 Å². The number of rotatable bonds is 4. The summed E-state index contributed by atoms with van der Waals surface area (Å²) < 4.78 is 37.8. The number of fused-ring (bicyclic) bond motifs is 1. The minimum absolute atomic E-state index is 0.0755. The molecule has 0 amide bonds. The topological polar surface area (TPSA) is 66.3 Å². The molecule has 5 nitrogen and oxygen atoms in total. The fourth-order valence-corrected chi connectivity index (χ4v) is 1.96. The van der Waals surface area contributed by atoms with Crippen molar-refractivity contribution in [1.29, 1.82) is 0 Å². The molecule has 0 aliphatic carbocycles. The summed E-state index contributed by atoms with van der Waals surface area (Å²) in [5.74, 6) is -1.44. The van der Waals surface area contributed by atoms with Gasteiger partial charge in [0, 0.05) is 0 Å². The highest BCUT2D eigenvalue weighted by atomic mass is 19.4. The molecule has 0 aliphatic heterocycles. The second-order valence-electron chi connectivity index (χ2n) is 4.49. The number of para-hydroxylation sites is 2. The monoisotopic (exact) mass is 299 g/mol. The van der Waals surface area contributed by atoms with Gasteiger partial charge in [-0.15, -0.1) is 0 Å². The molecule has 0 unspecified atom stereocenters. The van der Waals surface area contributed by atoms with E-state index < -0.39 is 25.2 Å². The molecular weight excluding hydrogens is 287 g/mol. The number of aryl methyl sites for hydroxylation is 1. The number of benzene rings is 1. The van der Waals surface area contributed by atoms with Gasteiger partial charge in [-0.05, 0) is 19.1 Å². The smallest absolute Gasteiger partial charge is 0.405 e. The molecule has 8 heteroatoms. The van der Waals surface area contributed by atoms with Gasteiger partial charge in [0.25, 0.3) is 0 Å². The van der Waals surface area contributed by atoms with E-state index in [9.17, 15) is 18.0 Å². The number of aromatic nitrogens is 2. The molecule has 112 valence electrons. The first-order valence-corrected chi connectivity index (χ1v) is 6.03. The molecule has 0 atom stereocenters. The highest BCUT2D eigenvalue weighted by molar-refractivity contribution is 5.78. The molecule has 2 aromatic rings. The van der Waals surface area contributed by atoms with E-state index in [0.717, 1.165) is 0 Å². The Labute approximate surface area is 118 Å². The summed E-state index contributed by atoms with van der Waals surface area (Å²) in [6.07, 6.45) is -4.53. The molecule has 1 aromatic heterocycles. The Morgan fingerprint density at radius 3 is 2.33 bits per heavy atom. The molecule has 2 rings (SSSR count). The molecule has 0 fully saturated rings. The third kappa shape index (κ3) is 3.80. The lowest BCUT2D eigenvalue weighted by Crippen LogP contribution is -2.39. The number of carboxylic acids is 1. The van der Waals surface area contributed by atoms with Gasteiger partial charge in [-0.3, -0.25) is 4.79 Å². The Morgan fingerprint density at radius 2 is 1.81 bits per heavy atom. The third-order valence-corrected chi connectivity index (χ3v) is 2.72. The van der Waals surface area contributed by atoms with Gasteiger partial charge in [0.2, 0.25) is 0 Å². The van der Waals surface area contributed by atoms with Crippen LogP contribution in [0.3, 0.4) is 0 Å². The van der Waals surface area contributed by atoms with E-state index in [0.29, 0.717) is 15.9 Å². The van der Waals surface area contributed by atoms with Crippen LogP contribution in [0.5, 0.6) is 0 Å². The van der Waals surface area contributed by atoms with Crippen LogP contribution in [0, 0.1) is 6.92 Å². The lowest BCUT2D eigenvalue weighted by Gasteiger charge is -2.24. The summed E-state index contributed by atoms with van der Waals surface area (Å²) in [6, 6.07) is 6.71. The zero-order valence-corrected chi connectivity index (χ0v) is 11.1. The van der Waals surface area contributed by atoms with E-state index in [2.05, 4.69) is 9.97 Å². The molecule has 0 radical (unpaired) electrons. The van der Waals surface area contributed by atoms with Crippen LogP contribution in [0.15, 0.2) is 24.3 Å². The first kappa shape index (κ1) is 15.0. The Balaban J connectivity index is 2.47. The van der Waals surface area contributed by atoms with E-state index in [1.54, 1.807) is 24.3 Å². The third-order valence-electron chi connectivity index (χ3n) is 2.72. The molecule has 0 spiro atoms. The molecule has 21 heavy (non-hydrogen) atoms. The zero-order valence-electron chi connectivity index (χ0n) is 11.1. The van der Waals surface area contributed by atoms with Crippen LogP contribution in [0.2, 0.25) is 0 Å². The molecule has 1 aromatic carbocycles. The number of halogens is 3. The summed E-state index contributed by atoms with van der Waals surface area (Å²) in [5, 5.41) is 8.79. The summed E-state index contributed by atoms with van der Waals surface area (Å²) in [4.78, 5) is 19.7. The van der Waals surface area contributed by atoms with Crippen molar-refractivity contribution in [3.8, 4) is 0 Å². The second-order valence-corrected chi connectivity index (χ2v) is 4.49. The Morgan fingerprint density at radius 1 is 1.24 bits per heavy atom. The quantitative estimate of drug-likeness (QED) is 0.939. The highest BCUT2D eigenvalue weighted by Gasteiger charge is 2.33. The van der Waals surface area contributed by atoms with Crippen molar-refractivity contribution in [2.24, 2.45) is 0 Å². The molecule has 0 saturated heterocycles. The fourth-order valence-electron chi connectivity index (χ4n) is 1.96. The molecule has 0 aliphatic rings. The predicted molar refractivity (Wildman–Crippen MR) is 70.2 cm³/mol. The summed E-state index contributed by atoms with van der Waals surface area (Å²) in [5.41, 5.74) is 1.20. The van der Waals surface area contributed by atoms with Crippen molar-refractivity contribution < 1.29 is 23.1 Å². The maximum atomic E-state index is 12.6. The number of alkyl halides is 3.